The summed E-state index contributed by atoms with van der Waals surface area (Å²) in [5.74, 6) is 0. The summed E-state index contributed by atoms with van der Waals surface area (Å²) in [7, 11) is 1.71. The van der Waals surface area contributed by atoms with Gasteiger partial charge in [0.15, 0.2) is 0 Å². The van der Waals surface area contributed by atoms with Crippen LogP contribution in [-0.4, -0.2) is 7.11 Å². The molecule has 2 aromatic carbocycles. The van der Waals surface area contributed by atoms with Crippen LogP contribution in [-0.2, 0) is 4.74 Å². The van der Waals surface area contributed by atoms with Gasteiger partial charge in [-0.3, -0.25) is 0 Å². The lowest BCUT2D eigenvalue weighted by Crippen LogP contribution is -1.97. The zero-order chi connectivity index (χ0) is 18.7. The minimum Gasteiger partial charge on any atom is -0.377 e. The molecular weight excluding hydrogens is 712 g/mol. The molecule has 134 valence electrons. The Hall–Kier alpha value is 1.02. The molecular formula is C18H14Br6O. The molecule has 2 aromatic rings. The number of alkyl halides is 2. The van der Waals surface area contributed by atoms with Crippen molar-refractivity contribution in [3.05, 3.63) is 64.4 Å². The molecule has 0 bridgehead atoms. The van der Waals surface area contributed by atoms with Gasteiger partial charge in [-0.25, -0.2) is 0 Å². The second-order valence-corrected chi connectivity index (χ2v) is 11.8. The third-order valence-corrected chi connectivity index (χ3v) is 7.43. The third-order valence-electron chi connectivity index (χ3n) is 3.70. The highest BCUT2D eigenvalue weighted by Crippen LogP contribution is 2.38. The predicted molar refractivity (Wildman–Crippen MR) is 129 cm³/mol. The number of benzene rings is 2. The Morgan fingerprint density at radius 3 is 1.64 bits per heavy atom. The van der Waals surface area contributed by atoms with E-state index >= 15 is 0 Å². The standard InChI is InChI=1S/C18H14Br6O/c1-9(25-2)12-7-14(19)10(5-16(12)21)3-4-11-6-17(22)13(18(23)24)8-15(11)20/h3-9,18H,1-2H3/b4-3-. The first-order chi connectivity index (χ1) is 11.7. The lowest BCUT2D eigenvalue weighted by molar-refractivity contribution is 0.119. The first-order valence-corrected chi connectivity index (χ1v) is 12.2. The first-order valence-electron chi connectivity index (χ1n) is 7.21. The molecule has 0 aliphatic carbocycles. The molecule has 1 nitrogen and oxygen atoms in total. The summed E-state index contributed by atoms with van der Waals surface area (Å²) in [6, 6.07) is 8.37. The van der Waals surface area contributed by atoms with Crippen LogP contribution >= 0.6 is 95.6 Å². The Balaban J connectivity index is 2.37. The minimum atomic E-state index is 0.0304. The number of hydrogen-bond donors (Lipinski definition) is 0. The molecule has 1 atom stereocenters. The SMILES string of the molecule is COC(C)c1cc(Br)c(/C=C\c2cc(Br)c(C(Br)Br)cc2Br)cc1Br. The topological polar surface area (TPSA) is 9.23 Å². The molecule has 0 aromatic heterocycles. The zero-order valence-corrected chi connectivity index (χ0v) is 22.8. The Kier molecular flexibility index (Phi) is 8.91. The quantitative estimate of drug-likeness (QED) is 0.221. The maximum Gasteiger partial charge on any atom is 0.0957 e. The van der Waals surface area contributed by atoms with Crippen LogP contribution in [0, 0.1) is 0 Å². The van der Waals surface area contributed by atoms with E-state index in [0.29, 0.717) is 0 Å². The Labute approximate surface area is 198 Å². The number of halogens is 6. The molecule has 2 rings (SSSR count). The van der Waals surface area contributed by atoms with Crippen LogP contribution in [0.1, 0.15) is 39.0 Å². The van der Waals surface area contributed by atoms with Gasteiger partial charge < -0.3 is 4.74 Å². The van der Waals surface area contributed by atoms with Crippen LogP contribution in [0.4, 0.5) is 0 Å². The molecule has 0 saturated carbocycles. The van der Waals surface area contributed by atoms with E-state index in [1.54, 1.807) is 7.11 Å². The van der Waals surface area contributed by atoms with E-state index in [-0.39, 0.29) is 9.84 Å². The van der Waals surface area contributed by atoms with Crippen LogP contribution in [0.2, 0.25) is 0 Å². The smallest absolute Gasteiger partial charge is 0.0957 e. The van der Waals surface area contributed by atoms with Gasteiger partial charge in [0.25, 0.3) is 0 Å². The van der Waals surface area contributed by atoms with E-state index in [2.05, 4.69) is 132 Å². The summed E-state index contributed by atoms with van der Waals surface area (Å²) < 4.78 is 9.64. The highest BCUT2D eigenvalue weighted by molar-refractivity contribution is 9.24. The van der Waals surface area contributed by atoms with Crippen LogP contribution in [0.15, 0.2) is 42.2 Å². The summed E-state index contributed by atoms with van der Waals surface area (Å²) >= 11 is 21.6. The van der Waals surface area contributed by atoms with Gasteiger partial charge in [-0.15, -0.1) is 0 Å². The molecule has 0 aliphatic rings. The second kappa shape index (κ2) is 9.99. The fraction of sp³-hybridized carbons (Fsp3) is 0.222. The third kappa shape index (κ3) is 5.75. The molecule has 0 amide bonds. The molecule has 0 spiro atoms. The van der Waals surface area contributed by atoms with Crippen molar-refractivity contribution in [2.75, 3.05) is 7.11 Å². The van der Waals surface area contributed by atoms with Crippen molar-refractivity contribution < 1.29 is 4.74 Å². The molecule has 0 fully saturated rings. The first kappa shape index (κ1) is 22.3. The molecule has 0 radical (unpaired) electrons. The zero-order valence-electron chi connectivity index (χ0n) is 13.3. The fourth-order valence-corrected chi connectivity index (χ4v) is 5.83. The summed E-state index contributed by atoms with van der Waals surface area (Å²) in [6.07, 6.45) is 4.20. The number of ether oxygens (including phenoxy) is 1. The molecule has 0 aliphatic heterocycles. The summed E-state index contributed by atoms with van der Waals surface area (Å²) in [6.45, 7) is 2.03. The van der Waals surface area contributed by atoms with Gasteiger partial charge in [-0.05, 0) is 53.4 Å². The van der Waals surface area contributed by atoms with Crippen LogP contribution in [0.3, 0.4) is 0 Å². The van der Waals surface area contributed by atoms with Crippen molar-refractivity contribution >= 4 is 108 Å². The van der Waals surface area contributed by atoms with Gasteiger partial charge in [-0.2, -0.15) is 0 Å². The van der Waals surface area contributed by atoms with Crippen LogP contribution in [0.25, 0.3) is 12.2 Å². The highest BCUT2D eigenvalue weighted by atomic mass is 79.9. The largest absolute Gasteiger partial charge is 0.377 e. The van der Waals surface area contributed by atoms with Gasteiger partial charge in [0.2, 0.25) is 0 Å². The lowest BCUT2D eigenvalue weighted by Gasteiger charge is -2.14. The molecule has 0 saturated heterocycles. The highest BCUT2D eigenvalue weighted by Gasteiger charge is 2.12. The van der Waals surface area contributed by atoms with E-state index < -0.39 is 0 Å². The lowest BCUT2D eigenvalue weighted by atomic mass is 10.1. The van der Waals surface area contributed by atoms with E-state index in [0.717, 1.165) is 40.1 Å². The van der Waals surface area contributed by atoms with E-state index in [9.17, 15) is 0 Å². The number of hydrogen-bond acceptors (Lipinski definition) is 1. The molecule has 0 heterocycles. The molecule has 0 N–H and O–H groups in total. The number of rotatable bonds is 5. The normalized spacial score (nSPS) is 13.0. The summed E-state index contributed by atoms with van der Waals surface area (Å²) in [5, 5.41) is 0. The van der Waals surface area contributed by atoms with Gasteiger partial charge in [0, 0.05) is 25.0 Å². The fourth-order valence-electron chi connectivity index (χ4n) is 2.20. The predicted octanol–water partition coefficient (Wildman–Crippen LogP) is 9.40. The van der Waals surface area contributed by atoms with Crippen molar-refractivity contribution in [2.24, 2.45) is 0 Å². The van der Waals surface area contributed by atoms with Crippen molar-refractivity contribution in [1.82, 2.24) is 0 Å². The maximum atomic E-state index is 5.41. The van der Waals surface area contributed by atoms with E-state index in [1.165, 1.54) is 0 Å². The van der Waals surface area contributed by atoms with Gasteiger partial charge in [-0.1, -0.05) is 108 Å². The van der Waals surface area contributed by atoms with E-state index in [1.807, 2.05) is 6.92 Å². The molecule has 1 unspecified atom stereocenters. The van der Waals surface area contributed by atoms with Crippen molar-refractivity contribution in [1.29, 1.82) is 0 Å². The molecule has 7 heteroatoms. The average molecular weight is 726 g/mol. The Morgan fingerprint density at radius 1 is 0.760 bits per heavy atom. The van der Waals surface area contributed by atoms with Gasteiger partial charge >= 0.3 is 0 Å². The average Bonchev–Trinajstić information content (AvgIpc) is 2.56. The van der Waals surface area contributed by atoms with Crippen LogP contribution < -0.4 is 0 Å². The van der Waals surface area contributed by atoms with Gasteiger partial charge in [0.1, 0.15) is 0 Å². The molecule has 25 heavy (non-hydrogen) atoms. The van der Waals surface area contributed by atoms with Crippen molar-refractivity contribution in [3.8, 4) is 0 Å². The Morgan fingerprint density at radius 2 is 1.20 bits per heavy atom. The van der Waals surface area contributed by atoms with Crippen molar-refractivity contribution in [2.45, 2.75) is 16.8 Å². The van der Waals surface area contributed by atoms with Crippen LogP contribution in [0.5, 0.6) is 0 Å². The summed E-state index contributed by atoms with van der Waals surface area (Å²) in [5.41, 5.74) is 4.42. The minimum absolute atomic E-state index is 0.0304. The van der Waals surface area contributed by atoms with E-state index in [4.69, 9.17) is 4.74 Å². The van der Waals surface area contributed by atoms with Gasteiger partial charge in [0.05, 0.1) is 9.84 Å². The van der Waals surface area contributed by atoms with Crippen molar-refractivity contribution in [3.63, 3.8) is 0 Å². The monoisotopic (exact) mass is 720 g/mol. The number of methoxy groups -OCH3 is 1. The summed E-state index contributed by atoms with van der Waals surface area (Å²) in [4.78, 5) is 0. The Bertz CT molecular complexity index is 801. The maximum absolute atomic E-state index is 5.41. The second-order valence-electron chi connectivity index (χ2n) is 5.30.